The van der Waals surface area contributed by atoms with Crippen molar-refractivity contribution in [1.82, 2.24) is 15.2 Å². The van der Waals surface area contributed by atoms with Gasteiger partial charge in [0.2, 0.25) is 5.13 Å². The molecule has 2 N–H and O–H groups in total. The smallest absolute Gasteiger partial charge is 0.295 e. The highest BCUT2D eigenvalue weighted by molar-refractivity contribution is 7.17. The number of anilines is 1. The summed E-state index contributed by atoms with van der Waals surface area (Å²) in [6, 6.07) is 6.15. The van der Waals surface area contributed by atoms with Gasteiger partial charge in [0.25, 0.3) is 11.1 Å². The van der Waals surface area contributed by atoms with Crippen LogP contribution >= 0.6 is 11.3 Å². The van der Waals surface area contributed by atoms with E-state index >= 15 is 0 Å². The summed E-state index contributed by atoms with van der Waals surface area (Å²) >= 11 is 1.12. The molecule has 0 saturated heterocycles. The normalized spacial score (nSPS) is 23.2. The molecule has 2 fully saturated rings. The molecular weight excluding hydrogens is 459 g/mol. The van der Waals surface area contributed by atoms with E-state index < -0.39 is 17.3 Å². The molecule has 2 saturated carbocycles. The van der Waals surface area contributed by atoms with E-state index in [9.17, 15) is 14.3 Å². The van der Waals surface area contributed by atoms with E-state index in [1.807, 2.05) is 0 Å². The van der Waals surface area contributed by atoms with Crippen molar-refractivity contribution in [2.24, 2.45) is 5.41 Å². The topological polar surface area (TPSA) is 106 Å². The molecule has 10 heteroatoms. The first-order valence-corrected chi connectivity index (χ1v) is 11.9. The number of pyridine rings is 1. The van der Waals surface area contributed by atoms with Crippen molar-refractivity contribution in [2.75, 3.05) is 19.0 Å². The van der Waals surface area contributed by atoms with Crippen LogP contribution < -0.4 is 14.8 Å². The van der Waals surface area contributed by atoms with Gasteiger partial charge in [0, 0.05) is 22.9 Å². The van der Waals surface area contributed by atoms with Crippen molar-refractivity contribution < 1.29 is 23.8 Å². The molecule has 2 aromatic heterocycles. The quantitative estimate of drug-likeness (QED) is 0.512. The lowest BCUT2D eigenvalue weighted by molar-refractivity contribution is 0.0520. The predicted octanol–water partition coefficient (Wildman–Crippen LogP) is 4.38. The average molecular weight is 485 g/mol. The van der Waals surface area contributed by atoms with E-state index in [0.29, 0.717) is 28.8 Å². The third-order valence-corrected chi connectivity index (χ3v) is 7.58. The Hall–Kier alpha value is -3.11. The summed E-state index contributed by atoms with van der Waals surface area (Å²) in [6.45, 7) is 2.24. The molecule has 3 aromatic rings. The Morgan fingerprint density at radius 3 is 2.76 bits per heavy atom. The number of carbonyl (C=O) groups excluding carboxylic acids is 1. The van der Waals surface area contributed by atoms with Crippen LogP contribution in [0.5, 0.6) is 10.9 Å². The standard InChI is InChI=1S/C24H25FN4O4S/c1-14-10-15(19-17(25)4-3-5-18(19)32-2)16(11-26-14)20(30)27-21-28-29-22(34-21)33-13-23-6-8-24(31,12-23)9-7-23/h3-5,10-11,31H,6-9,12-13H2,1-2H3,(H,27,28,30). The lowest BCUT2D eigenvalue weighted by Gasteiger charge is -2.25. The van der Waals surface area contributed by atoms with Gasteiger partial charge in [-0.1, -0.05) is 11.2 Å². The maximum Gasteiger partial charge on any atom is 0.295 e. The number of ether oxygens (including phenoxy) is 2. The SMILES string of the molecule is COc1cccc(F)c1-c1cc(C)ncc1C(=O)Nc1nnc(OCC23CCC(O)(CC2)C3)s1. The Balaban J connectivity index is 1.33. The minimum atomic E-state index is -0.537. The number of hydrogen-bond acceptors (Lipinski definition) is 8. The van der Waals surface area contributed by atoms with Gasteiger partial charge in [-0.15, -0.1) is 5.10 Å². The molecule has 178 valence electrons. The lowest BCUT2D eigenvalue weighted by atomic mass is 9.85. The number of nitrogens with zero attached hydrogens (tertiary/aromatic N) is 3. The minimum absolute atomic E-state index is 0.00882. The predicted molar refractivity (Wildman–Crippen MR) is 125 cm³/mol. The number of hydrogen-bond donors (Lipinski definition) is 2. The van der Waals surface area contributed by atoms with Crippen LogP contribution in [0.4, 0.5) is 9.52 Å². The summed E-state index contributed by atoms with van der Waals surface area (Å²) in [5.74, 6) is -0.683. The second kappa shape index (κ2) is 8.59. The van der Waals surface area contributed by atoms with Crippen molar-refractivity contribution in [1.29, 1.82) is 0 Å². The molecule has 0 unspecified atom stereocenters. The Morgan fingerprint density at radius 1 is 1.26 bits per heavy atom. The number of methoxy groups -OCH3 is 1. The molecule has 1 aromatic carbocycles. The van der Waals surface area contributed by atoms with Crippen LogP contribution in [-0.2, 0) is 0 Å². The second-order valence-corrected chi connectivity index (χ2v) is 10.1. The highest BCUT2D eigenvalue weighted by Crippen LogP contribution is 2.56. The number of amides is 1. The molecule has 34 heavy (non-hydrogen) atoms. The van der Waals surface area contributed by atoms with Gasteiger partial charge in [-0.3, -0.25) is 15.1 Å². The van der Waals surface area contributed by atoms with Crippen LogP contribution in [0.15, 0.2) is 30.5 Å². The molecule has 0 aliphatic heterocycles. The highest BCUT2D eigenvalue weighted by atomic mass is 32.1. The zero-order valence-electron chi connectivity index (χ0n) is 18.9. The van der Waals surface area contributed by atoms with E-state index in [0.717, 1.165) is 43.4 Å². The Bertz CT molecular complexity index is 1240. The van der Waals surface area contributed by atoms with Gasteiger partial charge in [0.15, 0.2) is 0 Å². The van der Waals surface area contributed by atoms with Gasteiger partial charge in [-0.2, -0.15) is 0 Å². The Kier molecular flexibility index (Phi) is 5.73. The maximum absolute atomic E-state index is 14.7. The Labute approximate surface area is 200 Å². The van der Waals surface area contributed by atoms with Crippen LogP contribution in [0.1, 0.15) is 48.2 Å². The second-order valence-electron chi connectivity index (χ2n) is 9.21. The fraction of sp³-hybridized carbons (Fsp3) is 0.417. The molecule has 2 aliphatic rings. The largest absolute Gasteiger partial charge is 0.496 e. The van der Waals surface area contributed by atoms with Crippen LogP contribution in [0, 0.1) is 18.2 Å². The summed E-state index contributed by atoms with van der Waals surface area (Å²) in [5.41, 5.74) is 0.828. The number of halogens is 1. The summed E-state index contributed by atoms with van der Waals surface area (Å²) in [5, 5.41) is 21.8. The van der Waals surface area contributed by atoms with Gasteiger partial charge in [-0.05, 0) is 68.6 Å². The number of carbonyl (C=O) groups is 1. The van der Waals surface area contributed by atoms with Gasteiger partial charge < -0.3 is 14.6 Å². The summed E-state index contributed by atoms with van der Waals surface area (Å²) in [7, 11) is 1.45. The van der Waals surface area contributed by atoms with Crippen molar-refractivity contribution in [2.45, 2.75) is 44.6 Å². The van der Waals surface area contributed by atoms with E-state index in [1.165, 1.54) is 19.4 Å². The summed E-state index contributed by atoms with van der Waals surface area (Å²) in [4.78, 5) is 17.3. The van der Waals surface area contributed by atoms with Crippen LogP contribution in [0.25, 0.3) is 11.1 Å². The average Bonchev–Trinajstić information content (AvgIpc) is 3.50. The summed E-state index contributed by atoms with van der Waals surface area (Å²) in [6.07, 6.45) is 5.67. The molecule has 2 bridgehead atoms. The molecule has 0 atom stereocenters. The number of aryl methyl sites for hydroxylation is 1. The van der Waals surface area contributed by atoms with Crippen molar-refractivity contribution in [3.63, 3.8) is 0 Å². The number of fused-ring (bicyclic) bond motifs is 2. The van der Waals surface area contributed by atoms with Crippen LogP contribution in [-0.4, -0.2) is 45.5 Å². The third-order valence-electron chi connectivity index (χ3n) is 6.82. The molecular formula is C24H25FN4O4S. The Morgan fingerprint density at radius 2 is 2.06 bits per heavy atom. The van der Waals surface area contributed by atoms with E-state index in [2.05, 4.69) is 20.5 Å². The highest BCUT2D eigenvalue weighted by Gasteiger charge is 2.53. The fourth-order valence-corrected chi connectivity index (χ4v) is 5.66. The van der Waals surface area contributed by atoms with Gasteiger partial charge in [0.05, 0.1) is 30.4 Å². The zero-order valence-corrected chi connectivity index (χ0v) is 19.7. The van der Waals surface area contributed by atoms with Crippen molar-refractivity contribution in [3.05, 3.63) is 47.5 Å². The van der Waals surface area contributed by atoms with E-state index in [-0.39, 0.29) is 21.7 Å². The molecule has 8 nitrogen and oxygen atoms in total. The van der Waals surface area contributed by atoms with Crippen LogP contribution in [0.2, 0.25) is 0 Å². The first-order valence-electron chi connectivity index (χ1n) is 11.1. The zero-order chi connectivity index (χ0) is 23.9. The third kappa shape index (κ3) is 4.23. The van der Waals surface area contributed by atoms with Crippen molar-refractivity contribution in [3.8, 4) is 22.1 Å². The number of nitrogens with one attached hydrogen (secondary N) is 1. The lowest BCUT2D eigenvalue weighted by Crippen LogP contribution is -2.23. The molecule has 2 aliphatic carbocycles. The summed E-state index contributed by atoms with van der Waals surface area (Å²) < 4.78 is 26.0. The minimum Gasteiger partial charge on any atom is -0.496 e. The first-order chi connectivity index (χ1) is 16.3. The van der Waals surface area contributed by atoms with E-state index in [4.69, 9.17) is 9.47 Å². The number of benzene rings is 1. The van der Waals surface area contributed by atoms with Gasteiger partial charge >= 0.3 is 0 Å². The molecule has 2 heterocycles. The van der Waals surface area contributed by atoms with Gasteiger partial charge in [-0.25, -0.2) is 4.39 Å². The number of aliphatic hydroxyl groups is 1. The molecule has 5 rings (SSSR count). The van der Waals surface area contributed by atoms with E-state index in [1.54, 1.807) is 25.1 Å². The van der Waals surface area contributed by atoms with Crippen LogP contribution in [0.3, 0.4) is 0 Å². The first kappa shape index (κ1) is 22.7. The molecule has 0 radical (unpaired) electrons. The molecule has 0 spiro atoms. The number of rotatable bonds is 7. The van der Waals surface area contributed by atoms with Crippen molar-refractivity contribution >= 4 is 22.4 Å². The molecule has 1 amide bonds. The fourth-order valence-electron chi connectivity index (χ4n) is 5.07. The maximum atomic E-state index is 14.7. The monoisotopic (exact) mass is 484 g/mol. The van der Waals surface area contributed by atoms with Gasteiger partial charge in [0.1, 0.15) is 11.6 Å². The number of aromatic nitrogens is 3.